The van der Waals surface area contributed by atoms with Crippen LogP contribution >= 0.6 is 0 Å². The number of methoxy groups -OCH3 is 1. The molecule has 0 atom stereocenters. The number of nitrogens with zero attached hydrogens (tertiary/aromatic N) is 3. The molecule has 7 heteroatoms. The van der Waals surface area contributed by atoms with Crippen LogP contribution in [0.5, 0.6) is 0 Å². The zero-order valence-electron chi connectivity index (χ0n) is 10.4. The van der Waals surface area contributed by atoms with Crippen LogP contribution in [0.1, 0.15) is 5.82 Å². The molecule has 2 rings (SSSR count). The molecular weight excluding hydrogens is 254 g/mol. The van der Waals surface area contributed by atoms with Gasteiger partial charge in [-0.3, -0.25) is 0 Å². The Morgan fingerprint density at radius 2 is 1.89 bits per heavy atom. The van der Waals surface area contributed by atoms with Gasteiger partial charge in [-0.25, -0.2) is 8.78 Å². The minimum absolute atomic E-state index is 0.189. The van der Waals surface area contributed by atoms with Gasteiger partial charge in [0.1, 0.15) is 17.5 Å². The molecule has 1 aromatic carbocycles. The lowest BCUT2D eigenvalue weighted by atomic mass is 10.2. The second-order valence-corrected chi connectivity index (χ2v) is 3.95. The molecule has 0 saturated heterocycles. The molecule has 1 aromatic heterocycles. The molecule has 0 bridgehead atoms. The molecule has 2 aromatic rings. The van der Waals surface area contributed by atoms with Gasteiger partial charge in [0.15, 0.2) is 5.82 Å². The van der Waals surface area contributed by atoms with E-state index in [1.165, 1.54) is 12.1 Å². The van der Waals surface area contributed by atoms with Gasteiger partial charge in [-0.2, -0.15) is 0 Å². The maximum Gasteiger partial charge on any atom is 0.164 e. The fraction of sp³-hybridized carbons (Fsp3) is 0.333. The third-order valence-electron chi connectivity index (χ3n) is 2.65. The van der Waals surface area contributed by atoms with Gasteiger partial charge in [0, 0.05) is 25.3 Å². The highest BCUT2D eigenvalue weighted by Gasteiger charge is 2.14. The van der Waals surface area contributed by atoms with E-state index in [9.17, 15) is 8.78 Å². The number of hydrogen-bond donors (Lipinski definition) is 1. The molecule has 0 amide bonds. The summed E-state index contributed by atoms with van der Waals surface area (Å²) in [6.07, 6.45) is 0. The molecule has 0 radical (unpaired) electrons. The summed E-state index contributed by atoms with van der Waals surface area (Å²) in [7, 11) is 1.56. The van der Waals surface area contributed by atoms with Crippen LogP contribution < -0.4 is 5.73 Å². The van der Waals surface area contributed by atoms with Crippen LogP contribution in [-0.2, 0) is 17.8 Å². The largest absolute Gasteiger partial charge is 0.383 e. The van der Waals surface area contributed by atoms with E-state index in [4.69, 9.17) is 10.5 Å². The SMILES string of the molecule is COCCn1c(CN)nnc1-c1cc(F)cc(F)c1. The molecule has 102 valence electrons. The Balaban J connectivity index is 2.45. The maximum absolute atomic E-state index is 13.2. The average molecular weight is 268 g/mol. The minimum Gasteiger partial charge on any atom is -0.383 e. The van der Waals surface area contributed by atoms with Gasteiger partial charge in [-0.05, 0) is 12.1 Å². The first-order valence-corrected chi connectivity index (χ1v) is 5.73. The van der Waals surface area contributed by atoms with Gasteiger partial charge in [-0.15, -0.1) is 10.2 Å². The number of hydrogen-bond acceptors (Lipinski definition) is 4. The number of nitrogens with two attached hydrogens (primary N) is 1. The zero-order valence-corrected chi connectivity index (χ0v) is 10.4. The highest BCUT2D eigenvalue weighted by atomic mass is 19.1. The first-order valence-electron chi connectivity index (χ1n) is 5.73. The van der Waals surface area contributed by atoms with Crippen molar-refractivity contribution in [1.82, 2.24) is 14.8 Å². The molecule has 0 aliphatic heterocycles. The molecule has 5 nitrogen and oxygen atoms in total. The smallest absolute Gasteiger partial charge is 0.164 e. The predicted octanol–water partition coefficient (Wildman–Crippen LogP) is 1.33. The monoisotopic (exact) mass is 268 g/mol. The van der Waals surface area contributed by atoms with Crippen LogP contribution in [0.4, 0.5) is 8.78 Å². The molecule has 0 saturated carbocycles. The van der Waals surface area contributed by atoms with Gasteiger partial charge in [0.2, 0.25) is 0 Å². The summed E-state index contributed by atoms with van der Waals surface area (Å²) in [6, 6.07) is 3.22. The Kier molecular flexibility index (Phi) is 4.18. The topological polar surface area (TPSA) is 66.0 Å². The Morgan fingerprint density at radius 1 is 1.21 bits per heavy atom. The van der Waals surface area contributed by atoms with Crippen molar-refractivity contribution >= 4 is 0 Å². The van der Waals surface area contributed by atoms with Crippen molar-refractivity contribution in [3.63, 3.8) is 0 Å². The second kappa shape index (κ2) is 5.85. The summed E-state index contributed by atoms with van der Waals surface area (Å²) >= 11 is 0. The summed E-state index contributed by atoms with van der Waals surface area (Å²) in [5.74, 6) is -0.413. The molecule has 0 fully saturated rings. The van der Waals surface area contributed by atoms with Crippen LogP contribution in [0.2, 0.25) is 0 Å². The predicted molar refractivity (Wildman–Crippen MR) is 65.1 cm³/mol. The molecule has 0 aliphatic carbocycles. The van der Waals surface area contributed by atoms with E-state index >= 15 is 0 Å². The van der Waals surface area contributed by atoms with Gasteiger partial charge < -0.3 is 15.0 Å². The molecular formula is C12H14F2N4O. The highest BCUT2D eigenvalue weighted by Crippen LogP contribution is 2.20. The zero-order chi connectivity index (χ0) is 13.8. The first kappa shape index (κ1) is 13.6. The molecule has 0 aliphatic rings. The van der Waals surface area contributed by atoms with Gasteiger partial charge in [0.05, 0.1) is 13.2 Å². The fourth-order valence-electron chi connectivity index (χ4n) is 1.80. The van der Waals surface area contributed by atoms with Crippen LogP contribution in [0.15, 0.2) is 18.2 Å². The van der Waals surface area contributed by atoms with Crippen molar-refractivity contribution in [3.05, 3.63) is 35.7 Å². The Hall–Kier alpha value is -1.86. The van der Waals surface area contributed by atoms with E-state index in [1.807, 2.05) is 0 Å². The lowest BCUT2D eigenvalue weighted by Gasteiger charge is -2.09. The van der Waals surface area contributed by atoms with E-state index in [1.54, 1.807) is 11.7 Å². The Bertz CT molecular complexity index is 551. The van der Waals surface area contributed by atoms with Crippen molar-refractivity contribution in [2.24, 2.45) is 5.73 Å². The van der Waals surface area contributed by atoms with E-state index in [2.05, 4.69) is 10.2 Å². The van der Waals surface area contributed by atoms with Gasteiger partial charge >= 0.3 is 0 Å². The number of aromatic nitrogens is 3. The van der Waals surface area contributed by atoms with E-state index < -0.39 is 11.6 Å². The Labute approximate surface area is 109 Å². The second-order valence-electron chi connectivity index (χ2n) is 3.95. The first-order chi connectivity index (χ1) is 9.15. The van der Waals surface area contributed by atoms with Crippen LogP contribution in [-0.4, -0.2) is 28.5 Å². The lowest BCUT2D eigenvalue weighted by molar-refractivity contribution is 0.186. The molecule has 0 unspecified atom stereocenters. The number of ether oxygens (including phenoxy) is 1. The number of halogens is 2. The molecule has 19 heavy (non-hydrogen) atoms. The quantitative estimate of drug-likeness (QED) is 0.888. The lowest BCUT2D eigenvalue weighted by Crippen LogP contribution is -2.12. The van der Waals surface area contributed by atoms with Crippen molar-refractivity contribution in [1.29, 1.82) is 0 Å². The summed E-state index contributed by atoms with van der Waals surface area (Å²) in [5, 5.41) is 7.85. The van der Waals surface area contributed by atoms with E-state index in [0.29, 0.717) is 30.4 Å². The van der Waals surface area contributed by atoms with Gasteiger partial charge in [-0.1, -0.05) is 0 Å². The van der Waals surface area contributed by atoms with Crippen LogP contribution in [0, 0.1) is 11.6 Å². The van der Waals surface area contributed by atoms with E-state index in [0.717, 1.165) is 6.07 Å². The molecule has 1 heterocycles. The van der Waals surface area contributed by atoms with E-state index in [-0.39, 0.29) is 6.54 Å². The maximum atomic E-state index is 13.2. The average Bonchev–Trinajstić information content (AvgIpc) is 2.77. The summed E-state index contributed by atoms with van der Waals surface area (Å²) in [4.78, 5) is 0. The standard InChI is InChI=1S/C12H14F2N4O/c1-19-3-2-18-11(7-15)16-17-12(18)8-4-9(13)6-10(14)5-8/h4-6H,2-3,7,15H2,1H3. The summed E-state index contributed by atoms with van der Waals surface area (Å²) < 4.78 is 33.2. The number of rotatable bonds is 5. The van der Waals surface area contributed by atoms with Crippen LogP contribution in [0.25, 0.3) is 11.4 Å². The third kappa shape index (κ3) is 2.94. The molecule has 2 N–H and O–H groups in total. The summed E-state index contributed by atoms with van der Waals surface area (Å²) in [6.45, 7) is 1.08. The third-order valence-corrected chi connectivity index (χ3v) is 2.65. The van der Waals surface area contributed by atoms with Crippen molar-refractivity contribution < 1.29 is 13.5 Å². The van der Waals surface area contributed by atoms with Crippen molar-refractivity contribution in [2.75, 3.05) is 13.7 Å². The fourth-order valence-corrected chi connectivity index (χ4v) is 1.80. The van der Waals surface area contributed by atoms with Gasteiger partial charge in [0.25, 0.3) is 0 Å². The van der Waals surface area contributed by atoms with Crippen LogP contribution in [0.3, 0.4) is 0 Å². The molecule has 0 spiro atoms. The summed E-state index contributed by atoms with van der Waals surface area (Å²) in [5.41, 5.74) is 5.88. The van der Waals surface area contributed by atoms with Crippen molar-refractivity contribution in [3.8, 4) is 11.4 Å². The minimum atomic E-state index is -0.661. The number of benzene rings is 1. The highest BCUT2D eigenvalue weighted by molar-refractivity contribution is 5.55. The normalized spacial score (nSPS) is 10.9. The Morgan fingerprint density at radius 3 is 2.47 bits per heavy atom. The van der Waals surface area contributed by atoms with Crippen molar-refractivity contribution in [2.45, 2.75) is 13.1 Å².